The Balaban J connectivity index is 1.52. The Morgan fingerprint density at radius 2 is 1.72 bits per heavy atom. The fourth-order valence-corrected chi connectivity index (χ4v) is 4.15. The fourth-order valence-electron chi connectivity index (χ4n) is 3.13. The third-order valence-electron chi connectivity index (χ3n) is 4.62. The summed E-state index contributed by atoms with van der Waals surface area (Å²) in [7, 11) is -3.48. The Labute approximate surface area is 150 Å². The average Bonchev–Trinajstić information content (AvgIpc) is 2.65. The van der Waals surface area contributed by atoms with Crippen LogP contribution in [0.3, 0.4) is 0 Å². The molecule has 2 aromatic carbocycles. The van der Waals surface area contributed by atoms with Crippen molar-refractivity contribution in [2.75, 3.05) is 13.2 Å². The van der Waals surface area contributed by atoms with Crippen LogP contribution in [0, 0.1) is 0 Å². The second-order valence-electron chi connectivity index (χ2n) is 6.38. The molecule has 0 fully saturated rings. The lowest BCUT2D eigenvalue weighted by atomic mass is 9.92. The first-order valence-electron chi connectivity index (χ1n) is 8.92. The number of fused-ring (bicyclic) bond motifs is 1. The van der Waals surface area contributed by atoms with E-state index in [2.05, 4.69) is 16.9 Å². The van der Waals surface area contributed by atoms with Crippen LogP contribution in [0.25, 0.3) is 0 Å². The predicted octanol–water partition coefficient (Wildman–Crippen LogP) is 3.49. The van der Waals surface area contributed by atoms with Crippen LogP contribution in [0.4, 0.5) is 0 Å². The first-order valence-corrected chi connectivity index (χ1v) is 10.4. The van der Waals surface area contributed by atoms with Gasteiger partial charge in [0, 0.05) is 6.54 Å². The van der Waals surface area contributed by atoms with Crippen molar-refractivity contribution in [2.45, 2.75) is 43.9 Å². The third kappa shape index (κ3) is 4.61. The van der Waals surface area contributed by atoms with Gasteiger partial charge in [-0.05, 0) is 73.1 Å². The van der Waals surface area contributed by atoms with Crippen LogP contribution >= 0.6 is 0 Å². The van der Waals surface area contributed by atoms with Crippen LogP contribution in [-0.4, -0.2) is 21.6 Å². The Morgan fingerprint density at radius 1 is 1.00 bits per heavy atom. The molecule has 3 rings (SSSR count). The van der Waals surface area contributed by atoms with Crippen LogP contribution in [0.5, 0.6) is 5.75 Å². The topological polar surface area (TPSA) is 55.4 Å². The molecule has 2 aromatic rings. The molecular formula is C20H25NO3S. The standard InChI is InChI=1S/C20H25NO3S/c1-2-16-7-11-20(12-8-16)25(22,23)21-13-14-24-19-10-9-17-5-3-4-6-18(17)15-19/h7-12,15,21H,2-6,13-14H2,1H3. The molecule has 0 radical (unpaired) electrons. The van der Waals surface area contributed by atoms with E-state index in [9.17, 15) is 8.42 Å². The number of hydrogen-bond acceptors (Lipinski definition) is 3. The lowest BCUT2D eigenvalue weighted by Crippen LogP contribution is -2.28. The molecule has 0 atom stereocenters. The summed E-state index contributed by atoms with van der Waals surface area (Å²) in [5.74, 6) is 0.812. The van der Waals surface area contributed by atoms with Crippen molar-refractivity contribution in [3.8, 4) is 5.75 Å². The smallest absolute Gasteiger partial charge is 0.240 e. The summed E-state index contributed by atoms with van der Waals surface area (Å²) in [6.45, 7) is 2.60. The summed E-state index contributed by atoms with van der Waals surface area (Å²) >= 11 is 0. The van der Waals surface area contributed by atoms with Crippen LogP contribution in [0.15, 0.2) is 47.4 Å². The van der Waals surface area contributed by atoms with Gasteiger partial charge in [-0.15, -0.1) is 0 Å². The maximum Gasteiger partial charge on any atom is 0.240 e. The number of aryl methyl sites for hydroxylation is 3. The minimum absolute atomic E-state index is 0.245. The maximum absolute atomic E-state index is 12.3. The third-order valence-corrected chi connectivity index (χ3v) is 6.10. The molecule has 5 heteroatoms. The highest BCUT2D eigenvalue weighted by molar-refractivity contribution is 7.89. The minimum Gasteiger partial charge on any atom is -0.492 e. The Morgan fingerprint density at radius 3 is 2.44 bits per heavy atom. The van der Waals surface area contributed by atoms with E-state index < -0.39 is 10.0 Å². The van der Waals surface area contributed by atoms with Gasteiger partial charge in [-0.1, -0.05) is 25.1 Å². The van der Waals surface area contributed by atoms with E-state index in [4.69, 9.17) is 4.74 Å². The largest absolute Gasteiger partial charge is 0.492 e. The van der Waals surface area contributed by atoms with E-state index in [-0.39, 0.29) is 6.54 Å². The lowest BCUT2D eigenvalue weighted by Gasteiger charge is -2.17. The fraction of sp³-hybridized carbons (Fsp3) is 0.400. The summed E-state index contributed by atoms with van der Waals surface area (Å²) < 4.78 is 32.8. The van der Waals surface area contributed by atoms with Crippen LogP contribution < -0.4 is 9.46 Å². The maximum atomic E-state index is 12.3. The van der Waals surface area contributed by atoms with Crippen molar-refractivity contribution < 1.29 is 13.2 Å². The van der Waals surface area contributed by atoms with Gasteiger partial charge in [0.2, 0.25) is 10.0 Å². The predicted molar refractivity (Wildman–Crippen MR) is 99.6 cm³/mol. The molecule has 1 N–H and O–H groups in total. The first kappa shape index (κ1) is 18.0. The molecule has 1 aliphatic carbocycles. The van der Waals surface area contributed by atoms with Gasteiger partial charge >= 0.3 is 0 Å². The zero-order chi connectivity index (χ0) is 17.7. The van der Waals surface area contributed by atoms with E-state index in [1.165, 1.54) is 24.0 Å². The summed E-state index contributed by atoms with van der Waals surface area (Å²) in [5, 5.41) is 0. The van der Waals surface area contributed by atoms with Gasteiger partial charge in [0.05, 0.1) is 4.90 Å². The number of sulfonamides is 1. The summed E-state index contributed by atoms with van der Waals surface area (Å²) in [4.78, 5) is 0.290. The quantitative estimate of drug-likeness (QED) is 0.770. The molecule has 0 unspecified atom stereocenters. The highest BCUT2D eigenvalue weighted by Gasteiger charge is 2.13. The van der Waals surface area contributed by atoms with Crippen molar-refractivity contribution in [3.05, 3.63) is 59.2 Å². The highest BCUT2D eigenvalue weighted by Crippen LogP contribution is 2.25. The van der Waals surface area contributed by atoms with Gasteiger partial charge in [-0.3, -0.25) is 0 Å². The van der Waals surface area contributed by atoms with Gasteiger partial charge in [0.15, 0.2) is 0 Å². The van der Waals surface area contributed by atoms with Crippen molar-refractivity contribution in [1.82, 2.24) is 4.72 Å². The minimum atomic E-state index is -3.48. The number of rotatable bonds is 7. The van der Waals surface area contributed by atoms with Gasteiger partial charge in [0.25, 0.3) is 0 Å². The molecule has 0 spiro atoms. The van der Waals surface area contributed by atoms with Gasteiger partial charge in [-0.2, -0.15) is 0 Å². The van der Waals surface area contributed by atoms with E-state index in [0.29, 0.717) is 11.5 Å². The molecule has 0 saturated heterocycles. The number of nitrogens with one attached hydrogen (secondary N) is 1. The number of hydrogen-bond donors (Lipinski definition) is 1. The van der Waals surface area contributed by atoms with Crippen LogP contribution in [-0.2, 0) is 29.3 Å². The molecule has 0 saturated carbocycles. The SMILES string of the molecule is CCc1ccc(S(=O)(=O)NCCOc2ccc3c(c2)CCCC3)cc1. The second-order valence-corrected chi connectivity index (χ2v) is 8.15. The summed E-state index contributed by atoms with van der Waals surface area (Å²) in [6, 6.07) is 13.2. The number of ether oxygens (including phenoxy) is 1. The van der Waals surface area contributed by atoms with Crippen LogP contribution in [0.1, 0.15) is 36.5 Å². The first-order chi connectivity index (χ1) is 12.1. The van der Waals surface area contributed by atoms with E-state index in [1.54, 1.807) is 12.1 Å². The molecule has 1 aliphatic rings. The Hall–Kier alpha value is -1.85. The van der Waals surface area contributed by atoms with Gasteiger partial charge in [-0.25, -0.2) is 13.1 Å². The van der Waals surface area contributed by atoms with Gasteiger partial charge in [0.1, 0.15) is 12.4 Å². The average molecular weight is 359 g/mol. The zero-order valence-corrected chi connectivity index (χ0v) is 15.4. The van der Waals surface area contributed by atoms with Crippen molar-refractivity contribution in [1.29, 1.82) is 0 Å². The lowest BCUT2D eigenvalue weighted by molar-refractivity contribution is 0.322. The molecule has 0 amide bonds. The summed E-state index contributed by atoms with van der Waals surface area (Å²) in [5.41, 5.74) is 3.89. The molecule has 25 heavy (non-hydrogen) atoms. The van der Waals surface area contributed by atoms with E-state index in [0.717, 1.165) is 30.6 Å². The molecule has 4 nitrogen and oxygen atoms in total. The van der Waals surface area contributed by atoms with Crippen LogP contribution in [0.2, 0.25) is 0 Å². The van der Waals surface area contributed by atoms with Crippen molar-refractivity contribution in [2.24, 2.45) is 0 Å². The summed E-state index contributed by atoms with van der Waals surface area (Å²) in [6.07, 6.45) is 5.63. The molecule has 0 aliphatic heterocycles. The Bertz CT molecular complexity index is 813. The second kappa shape index (κ2) is 8.02. The van der Waals surface area contributed by atoms with E-state index >= 15 is 0 Å². The van der Waals surface area contributed by atoms with Gasteiger partial charge < -0.3 is 4.74 Å². The zero-order valence-electron chi connectivity index (χ0n) is 14.6. The molecule has 0 bridgehead atoms. The molecule has 134 valence electrons. The normalized spacial score (nSPS) is 14.1. The Kier molecular flexibility index (Phi) is 5.76. The van der Waals surface area contributed by atoms with Crippen molar-refractivity contribution in [3.63, 3.8) is 0 Å². The van der Waals surface area contributed by atoms with E-state index in [1.807, 2.05) is 25.1 Å². The van der Waals surface area contributed by atoms with Crippen molar-refractivity contribution >= 4 is 10.0 Å². The molecular weight excluding hydrogens is 334 g/mol. The molecule has 0 heterocycles. The molecule has 0 aromatic heterocycles. The monoisotopic (exact) mass is 359 g/mol. The number of benzene rings is 2. The highest BCUT2D eigenvalue weighted by atomic mass is 32.2.